The van der Waals surface area contributed by atoms with Gasteiger partial charge in [0.1, 0.15) is 6.26 Å². The molecule has 1 aliphatic rings. The first-order valence-electron chi connectivity index (χ1n) is 6.31. The second-order valence-corrected chi connectivity index (χ2v) is 6.62. The van der Waals surface area contributed by atoms with Gasteiger partial charge in [-0.1, -0.05) is 16.8 Å². The van der Waals surface area contributed by atoms with E-state index in [-0.39, 0.29) is 21.4 Å². The molecule has 1 saturated carbocycles. The van der Waals surface area contributed by atoms with Crippen molar-refractivity contribution in [3.8, 4) is 0 Å². The van der Waals surface area contributed by atoms with Crippen LogP contribution in [0.3, 0.4) is 0 Å². The number of ketones is 1. The number of benzene rings is 1. The molecule has 1 aromatic carbocycles. The van der Waals surface area contributed by atoms with E-state index < -0.39 is 22.8 Å². The zero-order chi connectivity index (χ0) is 15.1. The van der Waals surface area contributed by atoms with Gasteiger partial charge in [0.05, 0.1) is 22.3 Å². The minimum Gasteiger partial charge on any atom is -0.612 e. The van der Waals surface area contributed by atoms with Gasteiger partial charge in [0.2, 0.25) is 10.7 Å². The minimum atomic E-state index is -1.68. The second-order valence-electron chi connectivity index (χ2n) is 4.90. The molecule has 2 aromatic rings. The van der Waals surface area contributed by atoms with Crippen LogP contribution in [0.25, 0.3) is 0 Å². The molecule has 1 fully saturated rings. The number of halogens is 2. The number of aromatic nitrogens is 1. The van der Waals surface area contributed by atoms with E-state index in [0.717, 1.165) is 12.8 Å². The van der Waals surface area contributed by atoms with Crippen molar-refractivity contribution in [2.75, 3.05) is 6.26 Å². The lowest BCUT2D eigenvalue weighted by atomic mass is 10.0. The van der Waals surface area contributed by atoms with Gasteiger partial charge in [0, 0.05) is 5.92 Å². The number of nitrogens with zero attached hydrogens (tertiary/aromatic N) is 1. The third-order valence-electron chi connectivity index (χ3n) is 3.37. The van der Waals surface area contributed by atoms with Crippen LogP contribution < -0.4 is 0 Å². The van der Waals surface area contributed by atoms with Crippen molar-refractivity contribution < 1.29 is 18.3 Å². The van der Waals surface area contributed by atoms with Gasteiger partial charge in [-0.05, 0) is 36.2 Å². The summed E-state index contributed by atoms with van der Waals surface area (Å²) in [4.78, 5) is 12.4. The molecule has 110 valence electrons. The van der Waals surface area contributed by atoms with Crippen LogP contribution in [0.5, 0.6) is 0 Å². The summed E-state index contributed by atoms with van der Waals surface area (Å²) in [5, 5.41) is 3.49. The fraction of sp³-hybridized carbons (Fsp3) is 0.286. The molecule has 1 atom stereocenters. The quantitative estimate of drug-likeness (QED) is 0.638. The zero-order valence-electron chi connectivity index (χ0n) is 11.1. The Bertz CT molecular complexity index is 712. The maximum atomic E-state index is 14.1. The predicted molar refractivity (Wildman–Crippen MR) is 75.7 cm³/mol. The van der Waals surface area contributed by atoms with Crippen molar-refractivity contribution in [1.82, 2.24) is 5.16 Å². The number of carbonyl (C=O) groups excluding carboxylic acids is 1. The third-order valence-corrected chi connectivity index (χ3v) is 4.64. The van der Waals surface area contributed by atoms with Crippen molar-refractivity contribution in [1.29, 1.82) is 0 Å². The topological polar surface area (TPSA) is 66.2 Å². The summed E-state index contributed by atoms with van der Waals surface area (Å²) < 4.78 is 31.0. The molecule has 21 heavy (non-hydrogen) atoms. The molecule has 7 heteroatoms. The molecular weight excluding hydrogens is 317 g/mol. The van der Waals surface area contributed by atoms with E-state index in [0.29, 0.717) is 11.3 Å². The molecule has 0 amide bonds. The van der Waals surface area contributed by atoms with Gasteiger partial charge in [-0.15, -0.1) is 0 Å². The first kappa shape index (κ1) is 14.6. The molecule has 1 heterocycles. The van der Waals surface area contributed by atoms with Gasteiger partial charge in [-0.3, -0.25) is 4.79 Å². The van der Waals surface area contributed by atoms with Crippen LogP contribution >= 0.6 is 11.6 Å². The maximum Gasteiger partial charge on any atom is 0.203 e. The summed E-state index contributed by atoms with van der Waals surface area (Å²) in [6.45, 7) is 0. The number of carbonyl (C=O) groups is 1. The first-order valence-corrected chi connectivity index (χ1v) is 8.25. The molecule has 0 saturated heterocycles. The van der Waals surface area contributed by atoms with Crippen molar-refractivity contribution in [3.05, 3.63) is 46.1 Å². The van der Waals surface area contributed by atoms with Gasteiger partial charge in [0.25, 0.3) is 0 Å². The summed E-state index contributed by atoms with van der Waals surface area (Å²) in [6.07, 6.45) is 4.51. The minimum absolute atomic E-state index is 0.0304. The lowest BCUT2D eigenvalue weighted by Crippen LogP contribution is -2.12. The molecule has 4 nitrogen and oxygen atoms in total. The average Bonchev–Trinajstić information content (AvgIpc) is 3.17. The van der Waals surface area contributed by atoms with Crippen molar-refractivity contribution >= 4 is 28.6 Å². The van der Waals surface area contributed by atoms with Gasteiger partial charge >= 0.3 is 0 Å². The van der Waals surface area contributed by atoms with Crippen LogP contribution in [0.15, 0.2) is 27.7 Å². The molecule has 3 rings (SSSR count). The van der Waals surface area contributed by atoms with E-state index in [4.69, 9.17) is 16.1 Å². The maximum absolute atomic E-state index is 14.1. The van der Waals surface area contributed by atoms with E-state index in [1.807, 2.05) is 0 Å². The van der Waals surface area contributed by atoms with Gasteiger partial charge in [-0.25, -0.2) is 0 Å². The molecule has 0 aliphatic heterocycles. The highest BCUT2D eigenvalue weighted by molar-refractivity contribution is 7.90. The lowest BCUT2D eigenvalue weighted by Gasteiger charge is -2.11. The van der Waals surface area contributed by atoms with E-state index in [2.05, 4.69) is 5.16 Å². The van der Waals surface area contributed by atoms with E-state index in [9.17, 15) is 13.7 Å². The predicted octanol–water partition coefficient (Wildman–Crippen LogP) is 3.31. The Morgan fingerprint density at radius 2 is 2.19 bits per heavy atom. The van der Waals surface area contributed by atoms with Crippen molar-refractivity contribution in [2.24, 2.45) is 0 Å². The van der Waals surface area contributed by atoms with Crippen LogP contribution in [-0.4, -0.2) is 21.7 Å². The fourth-order valence-corrected chi connectivity index (χ4v) is 3.24. The Kier molecular flexibility index (Phi) is 3.77. The highest BCUT2D eigenvalue weighted by Gasteiger charge is 2.34. The normalized spacial score (nSPS) is 16.0. The highest BCUT2D eigenvalue weighted by Crippen LogP contribution is 2.42. The first-order chi connectivity index (χ1) is 10.0. The summed E-state index contributed by atoms with van der Waals surface area (Å²) in [5.74, 6) is -0.561. The van der Waals surface area contributed by atoms with E-state index in [1.54, 1.807) is 0 Å². The van der Waals surface area contributed by atoms with Crippen LogP contribution in [0, 0.1) is 5.82 Å². The molecule has 1 aromatic heterocycles. The van der Waals surface area contributed by atoms with E-state index >= 15 is 0 Å². The summed E-state index contributed by atoms with van der Waals surface area (Å²) >= 11 is 4.02. The Labute approximate surface area is 128 Å². The van der Waals surface area contributed by atoms with E-state index in [1.165, 1.54) is 24.6 Å². The SMILES string of the molecule is C[S+]([O-])c1c(C(=O)c2cnoc2C2CC2)ccc(Cl)c1F. The average molecular weight is 328 g/mol. The number of rotatable bonds is 4. The molecule has 1 unspecified atom stereocenters. The Balaban J connectivity index is 2.09. The molecule has 0 N–H and O–H groups in total. The lowest BCUT2D eigenvalue weighted by molar-refractivity contribution is 0.103. The van der Waals surface area contributed by atoms with Crippen molar-refractivity contribution in [3.63, 3.8) is 0 Å². The monoisotopic (exact) mass is 327 g/mol. The molecular formula is C14H11ClFNO3S. The smallest absolute Gasteiger partial charge is 0.203 e. The number of hydrogen-bond acceptors (Lipinski definition) is 4. The summed E-state index contributed by atoms with van der Waals surface area (Å²) in [7, 11) is 0. The molecule has 0 bridgehead atoms. The molecule has 0 radical (unpaired) electrons. The molecule has 0 spiro atoms. The van der Waals surface area contributed by atoms with Crippen LogP contribution in [0.1, 0.15) is 40.4 Å². The Morgan fingerprint density at radius 1 is 1.48 bits per heavy atom. The second kappa shape index (κ2) is 5.44. The van der Waals surface area contributed by atoms with Crippen LogP contribution in [0.4, 0.5) is 4.39 Å². The largest absolute Gasteiger partial charge is 0.612 e. The Morgan fingerprint density at radius 3 is 2.81 bits per heavy atom. The molecule has 1 aliphatic carbocycles. The Hall–Kier alpha value is -1.37. The summed E-state index contributed by atoms with van der Waals surface area (Å²) in [6, 6.07) is 2.67. The van der Waals surface area contributed by atoms with Crippen molar-refractivity contribution in [2.45, 2.75) is 23.7 Å². The third kappa shape index (κ3) is 2.59. The van der Waals surface area contributed by atoms with Gasteiger partial charge in [0.15, 0.2) is 11.6 Å². The summed E-state index contributed by atoms with van der Waals surface area (Å²) in [5.41, 5.74) is 0.328. The van der Waals surface area contributed by atoms with Crippen LogP contribution in [-0.2, 0) is 11.2 Å². The standard InChI is InChI=1S/C14H11ClFNO3S/c1-21(19)14-8(4-5-10(15)11(14)16)12(18)9-6-17-20-13(9)7-2-3-7/h4-7H,2-3H2,1H3. The fourth-order valence-electron chi connectivity index (χ4n) is 2.20. The number of hydrogen-bond donors (Lipinski definition) is 0. The van der Waals surface area contributed by atoms with Crippen LogP contribution in [0.2, 0.25) is 5.02 Å². The zero-order valence-corrected chi connectivity index (χ0v) is 12.6. The van der Waals surface area contributed by atoms with Gasteiger partial charge in [-0.2, -0.15) is 4.39 Å². The van der Waals surface area contributed by atoms with Gasteiger partial charge < -0.3 is 9.08 Å². The highest BCUT2D eigenvalue weighted by atomic mass is 35.5.